The van der Waals surface area contributed by atoms with Gasteiger partial charge in [-0.25, -0.2) is 4.39 Å². The Hall–Kier alpha value is -2.27. The summed E-state index contributed by atoms with van der Waals surface area (Å²) in [4.78, 5) is 18.2. The van der Waals surface area contributed by atoms with Crippen LogP contribution in [0.4, 0.5) is 4.39 Å². The summed E-state index contributed by atoms with van der Waals surface area (Å²) >= 11 is 1.70. The molecule has 3 nitrogen and oxygen atoms in total. The number of fused-ring (bicyclic) bond motifs is 1. The Labute approximate surface area is 157 Å². The van der Waals surface area contributed by atoms with Gasteiger partial charge in [0.15, 0.2) is 0 Å². The van der Waals surface area contributed by atoms with Crippen molar-refractivity contribution in [3.05, 3.63) is 64.2 Å². The van der Waals surface area contributed by atoms with Crippen molar-refractivity contribution in [2.45, 2.75) is 39.2 Å². The van der Waals surface area contributed by atoms with Gasteiger partial charge in [-0.2, -0.15) is 0 Å². The SMILES string of the molecule is CC(C)CC(C)(Cc1cccs1)NC(=O)c1cnc2c(F)cccc2c1. The number of aromatic nitrogens is 1. The van der Waals surface area contributed by atoms with Crippen LogP contribution in [0, 0.1) is 11.7 Å². The van der Waals surface area contributed by atoms with Crippen LogP contribution < -0.4 is 5.32 Å². The Kier molecular flexibility index (Phi) is 5.37. The summed E-state index contributed by atoms with van der Waals surface area (Å²) in [6.07, 6.45) is 3.10. The molecule has 0 bridgehead atoms. The summed E-state index contributed by atoms with van der Waals surface area (Å²) in [5, 5.41) is 5.87. The second-order valence-electron chi connectivity index (χ2n) is 7.40. The van der Waals surface area contributed by atoms with Crippen LogP contribution in [0.25, 0.3) is 10.9 Å². The van der Waals surface area contributed by atoms with E-state index in [2.05, 4.69) is 42.5 Å². The minimum atomic E-state index is -0.378. The number of pyridine rings is 1. The summed E-state index contributed by atoms with van der Waals surface area (Å²) < 4.78 is 13.8. The molecule has 26 heavy (non-hydrogen) atoms. The highest BCUT2D eigenvalue weighted by Gasteiger charge is 2.29. The van der Waals surface area contributed by atoms with Crippen molar-refractivity contribution in [2.75, 3.05) is 0 Å². The van der Waals surface area contributed by atoms with Gasteiger partial charge >= 0.3 is 0 Å². The number of nitrogens with one attached hydrogen (secondary N) is 1. The Morgan fingerprint density at radius 1 is 1.31 bits per heavy atom. The Morgan fingerprint density at radius 2 is 2.12 bits per heavy atom. The van der Waals surface area contributed by atoms with Gasteiger partial charge in [-0.1, -0.05) is 32.0 Å². The van der Waals surface area contributed by atoms with Crippen molar-refractivity contribution in [3.8, 4) is 0 Å². The average Bonchev–Trinajstić information content (AvgIpc) is 3.06. The normalized spacial score (nSPS) is 13.7. The first-order chi connectivity index (χ1) is 12.4. The lowest BCUT2D eigenvalue weighted by atomic mass is 9.86. The fourth-order valence-electron chi connectivity index (χ4n) is 3.46. The maximum Gasteiger partial charge on any atom is 0.253 e. The van der Waals surface area contributed by atoms with Gasteiger partial charge < -0.3 is 5.32 Å². The number of hydrogen-bond donors (Lipinski definition) is 1. The van der Waals surface area contributed by atoms with Gasteiger partial charge in [-0.3, -0.25) is 9.78 Å². The molecule has 0 aliphatic rings. The monoisotopic (exact) mass is 370 g/mol. The number of hydrogen-bond acceptors (Lipinski definition) is 3. The number of carbonyl (C=O) groups is 1. The van der Waals surface area contributed by atoms with E-state index < -0.39 is 0 Å². The molecule has 1 atom stereocenters. The lowest BCUT2D eigenvalue weighted by Crippen LogP contribution is -2.48. The predicted octanol–water partition coefficient (Wildman–Crippen LogP) is 5.21. The van der Waals surface area contributed by atoms with Crippen LogP contribution in [0.1, 0.15) is 42.4 Å². The van der Waals surface area contributed by atoms with Gasteiger partial charge in [-0.05, 0) is 42.8 Å². The molecule has 1 unspecified atom stereocenters. The third-order valence-corrected chi connectivity index (χ3v) is 5.22. The molecule has 1 N–H and O–H groups in total. The minimum Gasteiger partial charge on any atom is -0.346 e. The van der Waals surface area contributed by atoms with E-state index in [1.54, 1.807) is 29.5 Å². The Bertz CT molecular complexity index is 908. The van der Waals surface area contributed by atoms with Gasteiger partial charge in [0.25, 0.3) is 5.91 Å². The van der Waals surface area contributed by atoms with Crippen LogP contribution in [-0.2, 0) is 6.42 Å². The van der Waals surface area contributed by atoms with Crippen LogP contribution in [0.2, 0.25) is 0 Å². The molecule has 0 radical (unpaired) electrons. The van der Waals surface area contributed by atoms with Crippen LogP contribution in [0.15, 0.2) is 48.0 Å². The van der Waals surface area contributed by atoms with Crippen molar-refractivity contribution in [1.29, 1.82) is 0 Å². The topological polar surface area (TPSA) is 42.0 Å². The zero-order valence-electron chi connectivity index (χ0n) is 15.3. The number of amides is 1. The first-order valence-electron chi connectivity index (χ1n) is 8.75. The number of thiophene rings is 1. The van der Waals surface area contributed by atoms with Gasteiger partial charge in [0, 0.05) is 28.4 Å². The molecule has 0 aliphatic carbocycles. The van der Waals surface area contributed by atoms with E-state index in [-0.39, 0.29) is 22.8 Å². The number of rotatable bonds is 6. The van der Waals surface area contributed by atoms with Crippen molar-refractivity contribution in [2.24, 2.45) is 5.92 Å². The summed E-state index contributed by atoms with van der Waals surface area (Å²) in [6, 6.07) is 10.6. The first kappa shape index (κ1) is 18.5. The summed E-state index contributed by atoms with van der Waals surface area (Å²) in [6.45, 7) is 6.39. The van der Waals surface area contributed by atoms with E-state index in [0.29, 0.717) is 16.9 Å². The standard InChI is InChI=1S/C21H23FN2OS/c1-14(2)11-21(3,12-17-7-5-9-26-17)24-20(25)16-10-15-6-4-8-18(22)19(15)23-13-16/h4-10,13-14H,11-12H2,1-3H3,(H,24,25). The molecule has 0 spiro atoms. The second-order valence-corrected chi connectivity index (χ2v) is 8.44. The van der Waals surface area contributed by atoms with Gasteiger partial charge in [-0.15, -0.1) is 11.3 Å². The van der Waals surface area contributed by atoms with Crippen LogP contribution in [-0.4, -0.2) is 16.4 Å². The maximum atomic E-state index is 13.8. The van der Waals surface area contributed by atoms with E-state index in [4.69, 9.17) is 0 Å². The molecular weight excluding hydrogens is 347 g/mol. The van der Waals surface area contributed by atoms with Gasteiger partial charge in [0.05, 0.1) is 5.56 Å². The molecule has 136 valence electrons. The molecule has 2 heterocycles. The van der Waals surface area contributed by atoms with Crippen molar-refractivity contribution in [1.82, 2.24) is 10.3 Å². The molecule has 1 aromatic carbocycles. The zero-order valence-corrected chi connectivity index (χ0v) is 16.1. The van der Waals surface area contributed by atoms with E-state index in [1.807, 2.05) is 6.07 Å². The Morgan fingerprint density at radius 3 is 2.81 bits per heavy atom. The van der Waals surface area contributed by atoms with E-state index in [1.165, 1.54) is 17.1 Å². The highest BCUT2D eigenvalue weighted by Crippen LogP contribution is 2.25. The number of para-hydroxylation sites is 1. The lowest BCUT2D eigenvalue weighted by Gasteiger charge is -2.32. The second kappa shape index (κ2) is 7.54. The molecule has 2 aromatic heterocycles. The van der Waals surface area contributed by atoms with Gasteiger partial charge in [0.2, 0.25) is 0 Å². The third kappa shape index (κ3) is 4.28. The quantitative estimate of drug-likeness (QED) is 0.647. The average molecular weight is 370 g/mol. The van der Waals surface area contributed by atoms with E-state index >= 15 is 0 Å². The number of nitrogens with zero attached hydrogens (tertiary/aromatic N) is 1. The van der Waals surface area contributed by atoms with Crippen molar-refractivity contribution < 1.29 is 9.18 Å². The summed E-state index contributed by atoms with van der Waals surface area (Å²) in [7, 11) is 0. The van der Waals surface area contributed by atoms with E-state index in [0.717, 1.165) is 12.8 Å². The van der Waals surface area contributed by atoms with Crippen molar-refractivity contribution in [3.63, 3.8) is 0 Å². The molecule has 0 saturated carbocycles. The number of benzene rings is 1. The molecule has 1 amide bonds. The Balaban J connectivity index is 1.85. The van der Waals surface area contributed by atoms with Crippen LogP contribution in [0.3, 0.4) is 0 Å². The van der Waals surface area contributed by atoms with Crippen molar-refractivity contribution >= 4 is 28.1 Å². The molecule has 3 rings (SSSR count). The lowest BCUT2D eigenvalue weighted by molar-refractivity contribution is 0.0894. The number of halogens is 1. The highest BCUT2D eigenvalue weighted by atomic mass is 32.1. The molecule has 5 heteroatoms. The largest absolute Gasteiger partial charge is 0.346 e. The zero-order chi connectivity index (χ0) is 18.7. The molecule has 0 saturated heterocycles. The van der Waals surface area contributed by atoms with Crippen LogP contribution in [0.5, 0.6) is 0 Å². The minimum absolute atomic E-state index is 0.177. The molecule has 3 aromatic rings. The predicted molar refractivity (Wildman–Crippen MR) is 105 cm³/mol. The summed E-state index contributed by atoms with van der Waals surface area (Å²) in [5.41, 5.74) is 0.379. The molecule has 0 aliphatic heterocycles. The smallest absolute Gasteiger partial charge is 0.253 e. The third-order valence-electron chi connectivity index (χ3n) is 4.34. The van der Waals surface area contributed by atoms with E-state index in [9.17, 15) is 9.18 Å². The first-order valence-corrected chi connectivity index (χ1v) is 9.63. The fraction of sp³-hybridized carbons (Fsp3) is 0.333. The highest BCUT2D eigenvalue weighted by molar-refractivity contribution is 7.09. The fourth-order valence-corrected chi connectivity index (χ4v) is 4.35. The van der Waals surface area contributed by atoms with Crippen LogP contribution >= 0.6 is 11.3 Å². The molecular formula is C21H23FN2OS. The summed E-state index contributed by atoms with van der Waals surface area (Å²) in [5.74, 6) is -0.107. The van der Waals surface area contributed by atoms with Gasteiger partial charge in [0.1, 0.15) is 11.3 Å². The molecule has 0 fully saturated rings. The maximum absolute atomic E-state index is 13.8. The number of carbonyl (C=O) groups excluding carboxylic acids is 1.